The van der Waals surface area contributed by atoms with Crippen molar-refractivity contribution >= 4 is 6.03 Å². The molecule has 4 heteroatoms. The third kappa shape index (κ3) is 8.79. The van der Waals surface area contributed by atoms with Crippen LogP contribution in [0.3, 0.4) is 0 Å². The van der Waals surface area contributed by atoms with Crippen molar-refractivity contribution in [2.45, 2.75) is 20.3 Å². The SMILES string of the molecule is C#CCCN(O)C(N)=O.CC. The molecule has 0 aromatic rings. The number of nitrogens with two attached hydrogens (primary N) is 1. The monoisotopic (exact) mass is 158 g/mol. The summed E-state index contributed by atoms with van der Waals surface area (Å²) in [7, 11) is 0. The molecule has 0 rings (SSSR count). The maximum absolute atomic E-state index is 10.0. The van der Waals surface area contributed by atoms with E-state index >= 15 is 0 Å². The predicted molar refractivity (Wildman–Crippen MR) is 42.9 cm³/mol. The second kappa shape index (κ2) is 8.79. The third-order valence-electron chi connectivity index (χ3n) is 0.722. The summed E-state index contributed by atoms with van der Waals surface area (Å²) in [5.41, 5.74) is 4.65. The van der Waals surface area contributed by atoms with Crippen LogP contribution in [0.2, 0.25) is 0 Å². The number of primary amides is 1. The van der Waals surface area contributed by atoms with Gasteiger partial charge in [0.25, 0.3) is 0 Å². The Morgan fingerprint density at radius 3 is 2.45 bits per heavy atom. The molecule has 0 aliphatic heterocycles. The number of nitrogens with zero attached hydrogens (tertiary/aromatic N) is 1. The van der Waals surface area contributed by atoms with Crippen molar-refractivity contribution in [1.82, 2.24) is 5.06 Å². The van der Waals surface area contributed by atoms with Crippen molar-refractivity contribution < 1.29 is 10.0 Å². The molecular formula is C7H14N2O2. The zero-order valence-corrected chi connectivity index (χ0v) is 6.87. The fraction of sp³-hybridized carbons (Fsp3) is 0.571. The second-order valence-corrected chi connectivity index (χ2v) is 1.42. The van der Waals surface area contributed by atoms with Crippen LogP contribution >= 0.6 is 0 Å². The van der Waals surface area contributed by atoms with Gasteiger partial charge in [0, 0.05) is 6.42 Å². The molecule has 0 saturated heterocycles. The van der Waals surface area contributed by atoms with Gasteiger partial charge in [-0.05, 0) is 0 Å². The lowest BCUT2D eigenvalue weighted by Gasteiger charge is -2.07. The Bertz CT molecular complexity index is 140. The molecule has 0 aliphatic carbocycles. The summed E-state index contributed by atoms with van der Waals surface area (Å²) < 4.78 is 0. The fourth-order valence-electron chi connectivity index (χ4n) is 0.281. The van der Waals surface area contributed by atoms with Gasteiger partial charge in [-0.15, -0.1) is 12.3 Å². The number of carbonyl (C=O) groups is 1. The molecule has 0 aromatic carbocycles. The Kier molecular flexibility index (Phi) is 9.96. The Morgan fingerprint density at radius 1 is 1.73 bits per heavy atom. The van der Waals surface area contributed by atoms with E-state index in [0.29, 0.717) is 11.5 Å². The first kappa shape index (κ1) is 12.5. The van der Waals surface area contributed by atoms with Crippen LogP contribution in [-0.2, 0) is 0 Å². The number of hydroxylamine groups is 2. The van der Waals surface area contributed by atoms with Gasteiger partial charge >= 0.3 is 6.03 Å². The molecule has 0 bridgehead atoms. The quantitative estimate of drug-likeness (QED) is 0.354. The summed E-state index contributed by atoms with van der Waals surface area (Å²) in [6.45, 7) is 4.09. The molecular weight excluding hydrogens is 144 g/mol. The maximum Gasteiger partial charge on any atom is 0.338 e. The van der Waals surface area contributed by atoms with Crippen molar-refractivity contribution in [3.05, 3.63) is 0 Å². The molecule has 3 N–H and O–H groups in total. The average Bonchev–Trinajstić information content (AvgIpc) is 2.03. The zero-order chi connectivity index (χ0) is 9.28. The summed E-state index contributed by atoms with van der Waals surface area (Å²) in [4.78, 5) is 10.0. The van der Waals surface area contributed by atoms with Gasteiger partial charge in [0.2, 0.25) is 0 Å². The highest BCUT2D eigenvalue weighted by Gasteiger charge is 2.01. The van der Waals surface area contributed by atoms with Crippen molar-refractivity contribution in [2.75, 3.05) is 6.54 Å². The molecule has 0 aliphatic rings. The van der Waals surface area contributed by atoms with Gasteiger partial charge in [0.1, 0.15) is 0 Å². The Labute approximate surface area is 66.9 Å². The standard InChI is InChI=1S/C5H8N2O2.C2H6/c1-2-3-4-7(9)5(6)8;1-2/h1,9H,3-4H2,(H2,6,8);1-2H3. The number of urea groups is 1. The Morgan fingerprint density at radius 2 is 2.18 bits per heavy atom. The molecule has 0 unspecified atom stereocenters. The fourth-order valence-corrected chi connectivity index (χ4v) is 0.281. The van der Waals surface area contributed by atoms with E-state index in [-0.39, 0.29) is 6.54 Å². The highest BCUT2D eigenvalue weighted by Crippen LogP contribution is 1.82. The Hall–Kier alpha value is -1.21. The van der Waals surface area contributed by atoms with Gasteiger partial charge in [0.05, 0.1) is 6.54 Å². The first-order chi connectivity index (χ1) is 5.18. The smallest absolute Gasteiger partial charge is 0.338 e. The van der Waals surface area contributed by atoms with Gasteiger partial charge in [-0.1, -0.05) is 13.8 Å². The summed E-state index contributed by atoms with van der Waals surface area (Å²) in [5, 5.41) is 8.90. The summed E-state index contributed by atoms with van der Waals surface area (Å²) in [5.74, 6) is 2.24. The normalized spacial score (nSPS) is 7.09. The van der Waals surface area contributed by atoms with E-state index in [1.807, 2.05) is 13.8 Å². The molecule has 2 amide bonds. The number of terminal acetylenes is 1. The van der Waals surface area contributed by atoms with E-state index in [4.69, 9.17) is 11.6 Å². The molecule has 0 atom stereocenters. The molecule has 4 nitrogen and oxygen atoms in total. The van der Waals surface area contributed by atoms with Crippen LogP contribution in [0, 0.1) is 12.3 Å². The van der Waals surface area contributed by atoms with Gasteiger partial charge in [-0.25, -0.2) is 9.86 Å². The van der Waals surface area contributed by atoms with E-state index < -0.39 is 6.03 Å². The van der Waals surface area contributed by atoms with E-state index in [9.17, 15) is 4.79 Å². The van der Waals surface area contributed by atoms with Crippen molar-refractivity contribution in [1.29, 1.82) is 0 Å². The number of amides is 2. The molecule has 0 radical (unpaired) electrons. The maximum atomic E-state index is 10.0. The van der Waals surface area contributed by atoms with Crippen LogP contribution in [0.5, 0.6) is 0 Å². The van der Waals surface area contributed by atoms with Crippen LogP contribution in [-0.4, -0.2) is 22.8 Å². The molecule has 0 heterocycles. The summed E-state index contributed by atoms with van der Waals surface area (Å²) in [6, 6.07) is -0.884. The van der Waals surface area contributed by atoms with Crippen LogP contribution in [0.1, 0.15) is 20.3 Å². The minimum atomic E-state index is -0.884. The van der Waals surface area contributed by atoms with Crippen LogP contribution < -0.4 is 5.73 Å². The van der Waals surface area contributed by atoms with Crippen molar-refractivity contribution in [3.8, 4) is 12.3 Å². The average molecular weight is 158 g/mol. The van der Waals surface area contributed by atoms with Crippen LogP contribution in [0.15, 0.2) is 0 Å². The lowest BCUT2D eigenvalue weighted by Crippen LogP contribution is -2.33. The van der Waals surface area contributed by atoms with Crippen LogP contribution in [0.25, 0.3) is 0 Å². The largest absolute Gasteiger partial charge is 0.350 e. The van der Waals surface area contributed by atoms with Gasteiger partial charge in [0.15, 0.2) is 0 Å². The number of hydrogen-bond donors (Lipinski definition) is 2. The van der Waals surface area contributed by atoms with E-state index in [0.717, 1.165) is 0 Å². The van der Waals surface area contributed by atoms with E-state index in [1.54, 1.807) is 0 Å². The minimum absolute atomic E-state index is 0.0891. The molecule has 0 fully saturated rings. The van der Waals surface area contributed by atoms with Crippen LogP contribution in [0.4, 0.5) is 4.79 Å². The lowest BCUT2D eigenvalue weighted by atomic mass is 10.4. The van der Waals surface area contributed by atoms with Gasteiger partial charge in [-0.2, -0.15) is 0 Å². The molecule has 0 aromatic heterocycles. The minimum Gasteiger partial charge on any atom is -0.350 e. The third-order valence-corrected chi connectivity index (χ3v) is 0.722. The molecule has 11 heavy (non-hydrogen) atoms. The van der Waals surface area contributed by atoms with Gasteiger partial charge in [-0.3, -0.25) is 5.21 Å². The zero-order valence-electron chi connectivity index (χ0n) is 6.87. The number of rotatable bonds is 2. The highest BCUT2D eigenvalue weighted by atomic mass is 16.5. The Balaban J connectivity index is 0. The molecule has 0 spiro atoms. The first-order valence-electron chi connectivity index (χ1n) is 3.37. The number of hydrogen-bond acceptors (Lipinski definition) is 2. The summed E-state index contributed by atoms with van der Waals surface area (Å²) in [6.07, 6.45) is 5.14. The first-order valence-corrected chi connectivity index (χ1v) is 3.37. The predicted octanol–water partition coefficient (Wildman–Crippen LogP) is 0.806. The highest BCUT2D eigenvalue weighted by molar-refractivity contribution is 5.70. The van der Waals surface area contributed by atoms with Gasteiger partial charge < -0.3 is 5.73 Å². The summed E-state index contributed by atoms with van der Waals surface area (Å²) >= 11 is 0. The van der Waals surface area contributed by atoms with Crippen molar-refractivity contribution in [2.24, 2.45) is 5.73 Å². The second-order valence-electron chi connectivity index (χ2n) is 1.42. The van der Waals surface area contributed by atoms with Crippen molar-refractivity contribution in [3.63, 3.8) is 0 Å². The van der Waals surface area contributed by atoms with E-state index in [1.165, 1.54) is 0 Å². The van der Waals surface area contributed by atoms with E-state index in [2.05, 4.69) is 11.7 Å². The topological polar surface area (TPSA) is 66.6 Å². The lowest BCUT2D eigenvalue weighted by molar-refractivity contribution is -0.0372. The number of carbonyl (C=O) groups excluding carboxylic acids is 1. The molecule has 64 valence electrons. The molecule has 0 saturated carbocycles.